The van der Waals surface area contributed by atoms with Gasteiger partial charge in [0.1, 0.15) is 0 Å². The molecule has 1 aliphatic carbocycles. The third-order valence-corrected chi connectivity index (χ3v) is 3.81. The molecule has 1 aliphatic rings. The predicted octanol–water partition coefficient (Wildman–Crippen LogP) is 3.87. The first-order valence-corrected chi connectivity index (χ1v) is 6.86. The molecule has 0 heterocycles. The zero-order valence-electron chi connectivity index (χ0n) is 11.4. The molecule has 1 heteroatoms. The van der Waals surface area contributed by atoms with Gasteiger partial charge < -0.3 is 5.32 Å². The SMILES string of the molecule is CC(C)(C)c1ccc(CNCC2CCC2)cc1. The van der Waals surface area contributed by atoms with Gasteiger partial charge in [-0.05, 0) is 41.8 Å². The maximum atomic E-state index is 3.56. The molecule has 0 saturated heterocycles. The summed E-state index contributed by atoms with van der Waals surface area (Å²) in [5.74, 6) is 0.948. The second-order valence-electron chi connectivity index (χ2n) is 6.37. The summed E-state index contributed by atoms with van der Waals surface area (Å²) in [4.78, 5) is 0. The van der Waals surface area contributed by atoms with Crippen molar-refractivity contribution >= 4 is 0 Å². The number of benzene rings is 1. The van der Waals surface area contributed by atoms with Crippen LogP contribution < -0.4 is 5.32 Å². The van der Waals surface area contributed by atoms with E-state index >= 15 is 0 Å². The Balaban J connectivity index is 1.81. The highest BCUT2D eigenvalue weighted by Gasteiger charge is 2.16. The van der Waals surface area contributed by atoms with Crippen LogP contribution in [-0.4, -0.2) is 6.54 Å². The van der Waals surface area contributed by atoms with Gasteiger partial charge in [-0.2, -0.15) is 0 Å². The summed E-state index contributed by atoms with van der Waals surface area (Å²) >= 11 is 0. The summed E-state index contributed by atoms with van der Waals surface area (Å²) in [6.45, 7) is 8.99. The van der Waals surface area contributed by atoms with E-state index in [2.05, 4.69) is 50.4 Å². The van der Waals surface area contributed by atoms with Gasteiger partial charge in [-0.25, -0.2) is 0 Å². The topological polar surface area (TPSA) is 12.0 Å². The summed E-state index contributed by atoms with van der Waals surface area (Å²) in [5, 5.41) is 3.56. The van der Waals surface area contributed by atoms with Gasteiger partial charge in [-0.3, -0.25) is 0 Å². The fourth-order valence-electron chi connectivity index (χ4n) is 2.24. The minimum absolute atomic E-state index is 0.262. The highest BCUT2D eigenvalue weighted by molar-refractivity contribution is 5.27. The first kappa shape index (κ1) is 12.6. The number of nitrogens with one attached hydrogen (secondary N) is 1. The molecule has 1 aromatic rings. The van der Waals surface area contributed by atoms with E-state index in [0.717, 1.165) is 12.5 Å². The lowest BCUT2D eigenvalue weighted by atomic mass is 9.85. The molecule has 1 fully saturated rings. The zero-order valence-corrected chi connectivity index (χ0v) is 11.4. The summed E-state index contributed by atoms with van der Waals surface area (Å²) in [6, 6.07) is 9.05. The quantitative estimate of drug-likeness (QED) is 0.829. The Morgan fingerprint density at radius 2 is 1.76 bits per heavy atom. The van der Waals surface area contributed by atoms with Gasteiger partial charge in [0.05, 0.1) is 0 Å². The van der Waals surface area contributed by atoms with Crippen molar-refractivity contribution in [1.82, 2.24) is 5.32 Å². The molecule has 2 rings (SSSR count). The Bertz CT molecular complexity index is 341. The molecular formula is C16H25N. The van der Waals surface area contributed by atoms with Crippen molar-refractivity contribution in [2.75, 3.05) is 6.54 Å². The van der Waals surface area contributed by atoms with Gasteiger partial charge in [-0.1, -0.05) is 51.5 Å². The molecule has 0 aromatic heterocycles. The first-order valence-electron chi connectivity index (χ1n) is 6.86. The van der Waals surface area contributed by atoms with E-state index in [1.165, 1.54) is 36.9 Å². The molecule has 1 saturated carbocycles. The van der Waals surface area contributed by atoms with E-state index in [4.69, 9.17) is 0 Å². The molecule has 0 spiro atoms. The van der Waals surface area contributed by atoms with Gasteiger partial charge in [0, 0.05) is 6.54 Å². The fraction of sp³-hybridized carbons (Fsp3) is 0.625. The van der Waals surface area contributed by atoms with Crippen molar-refractivity contribution in [3.63, 3.8) is 0 Å². The molecule has 0 amide bonds. The molecular weight excluding hydrogens is 206 g/mol. The molecule has 0 bridgehead atoms. The van der Waals surface area contributed by atoms with Crippen LogP contribution in [0.1, 0.15) is 51.2 Å². The minimum Gasteiger partial charge on any atom is -0.312 e. The summed E-state index contributed by atoms with van der Waals surface area (Å²) in [5.41, 5.74) is 3.08. The lowest BCUT2D eigenvalue weighted by Crippen LogP contribution is -2.26. The number of hydrogen-bond donors (Lipinski definition) is 1. The van der Waals surface area contributed by atoms with Crippen LogP contribution in [0, 0.1) is 5.92 Å². The van der Waals surface area contributed by atoms with Gasteiger partial charge in [-0.15, -0.1) is 0 Å². The molecule has 0 atom stereocenters. The smallest absolute Gasteiger partial charge is 0.0205 e. The van der Waals surface area contributed by atoms with Crippen LogP contribution in [-0.2, 0) is 12.0 Å². The molecule has 0 unspecified atom stereocenters. The zero-order chi connectivity index (χ0) is 12.3. The standard InChI is InChI=1S/C16H25N/c1-16(2,3)15-9-7-14(8-10-15)12-17-11-13-5-4-6-13/h7-10,13,17H,4-6,11-12H2,1-3H3. The third-order valence-electron chi connectivity index (χ3n) is 3.81. The van der Waals surface area contributed by atoms with Crippen molar-refractivity contribution in [2.24, 2.45) is 5.92 Å². The monoisotopic (exact) mass is 231 g/mol. The normalized spacial score (nSPS) is 16.9. The summed E-state index contributed by atoms with van der Waals surface area (Å²) < 4.78 is 0. The van der Waals surface area contributed by atoms with E-state index in [1.54, 1.807) is 0 Å². The molecule has 1 N–H and O–H groups in total. The van der Waals surface area contributed by atoms with Crippen LogP contribution in [0.2, 0.25) is 0 Å². The fourth-order valence-corrected chi connectivity index (χ4v) is 2.24. The van der Waals surface area contributed by atoms with E-state index in [0.29, 0.717) is 0 Å². The highest BCUT2D eigenvalue weighted by atomic mass is 14.9. The van der Waals surface area contributed by atoms with Crippen molar-refractivity contribution in [1.29, 1.82) is 0 Å². The van der Waals surface area contributed by atoms with Crippen LogP contribution in [0.25, 0.3) is 0 Å². The van der Waals surface area contributed by atoms with Crippen molar-refractivity contribution in [2.45, 2.75) is 52.0 Å². The maximum absolute atomic E-state index is 3.56. The van der Waals surface area contributed by atoms with Gasteiger partial charge in [0.2, 0.25) is 0 Å². The van der Waals surface area contributed by atoms with E-state index in [1.807, 2.05) is 0 Å². The minimum atomic E-state index is 0.262. The predicted molar refractivity (Wildman–Crippen MR) is 74.2 cm³/mol. The average Bonchev–Trinajstić information content (AvgIpc) is 2.21. The van der Waals surface area contributed by atoms with Gasteiger partial charge in [0.25, 0.3) is 0 Å². The number of hydrogen-bond acceptors (Lipinski definition) is 1. The van der Waals surface area contributed by atoms with Crippen LogP contribution in [0.4, 0.5) is 0 Å². The molecule has 0 radical (unpaired) electrons. The van der Waals surface area contributed by atoms with E-state index in [9.17, 15) is 0 Å². The maximum Gasteiger partial charge on any atom is 0.0205 e. The van der Waals surface area contributed by atoms with E-state index in [-0.39, 0.29) is 5.41 Å². The Labute approximate surface area is 106 Å². The van der Waals surface area contributed by atoms with Crippen LogP contribution in [0.3, 0.4) is 0 Å². The lowest BCUT2D eigenvalue weighted by Gasteiger charge is -2.25. The molecule has 94 valence electrons. The molecule has 1 aromatic carbocycles. The van der Waals surface area contributed by atoms with Crippen LogP contribution in [0.5, 0.6) is 0 Å². The average molecular weight is 231 g/mol. The Hall–Kier alpha value is -0.820. The Kier molecular flexibility index (Phi) is 3.88. The number of rotatable bonds is 4. The van der Waals surface area contributed by atoms with Crippen molar-refractivity contribution in [3.8, 4) is 0 Å². The second-order valence-corrected chi connectivity index (χ2v) is 6.37. The second kappa shape index (κ2) is 5.22. The van der Waals surface area contributed by atoms with Gasteiger partial charge in [0.15, 0.2) is 0 Å². The molecule has 17 heavy (non-hydrogen) atoms. The molecule has 1 nitrogen and oxygen atoms in total. The van der Waals surface area contributed by atoms with Crippen molar-refractivity contribution < 1.29 is 0 Å². The van der Waals surface area contributed by atoms with Crippen LogP contribution in [0.15, 0.2) is 24.3 Å². The largest absolute Gasteiger partial charge is 0.312 e. The first-order chi connectivity index (χ1) is 8.05. The molecule has 0 aliphatic heterocycles. The van der Waals surface area contributed by atoms with Crippen molar-refractivity contribution in [3.05, 3.63) is 35.4 Å². The summed E-state index contributed by atoms with van der Waals surface area (Å²) in [6.07, 6.45) is 4.29. The summed E-state index contributed by atoms with van der Waals surface area (Å²) in [7, 11) is 0. The Morgan fingerprint density at radius 3 is 2.24 bits per heavy atom. The van der Waals surface area contributed by atoms with Gasteiger partial charge >= 0.3 is 0 Å². The Morgan fingerprint density at radius 1 is 1.12 bits per heavy atom. The highest BCUT2D eigenvalue weighted by Crippen LogP contribution is 2.25. The van der Waals surface area contributed by atoms with Crippen LogP contribution >= 0.6 is 0 Å². The van der Waals surface area contributed by atoms with E-state index < -0.39 is 0 Å². The third kappa shape index (κ3) is 3.57. The lowest BCUT2D eigenvalue weighted by molar-refractivity contribution is 0.301.